The highest BCUT2D eigenvalue weighted by Crippen LogP contribution is 2.36. The van der Waals surface area contributed by atoms with Gasteiger partial charge in [-0.05, 0) is 68.8 Å². The first-order valence-electron chi connectivity index (χ1n) is 9.36. The second kappa shape index (κ2) is 7.24. The Morgan fingerprint density at radius 3 is 2.00 bits per heavy atom. The van der Waals surface area contributed by atoms with Crippen molar-refractivity contribution in [1.29, 1.82) is 0 Å². The quantitative estimate of drug-likeness (QED) is 0.632. The van der Waals surface area contributed by atoms with Crippen molar-refractivity contribution in [2.24, 2.45) is 0 Å². The zero-order valence-electron chi connectivity index (χ0n) is 15.4. The average molecular weight is 348 g/mol. The summed E-state index contributed by atoms with van der Waals surface area (Å²) in [6.45, 7) is 6.38. The number of aromatic nitrogens is 2. The number of hydrogen-bond donors (Lipinski definition) is 0. The van der Waals surface area contributed by atoms with Crippen LogP contribution in [-0.2, 0) is 13.0 Å². The predicted octanol–water partition coefficient (Wildman–Crippen LogP) is 4.96. The summed E-state index contributed by atoms with van der Waals surface area (Å²) in [5.74, 6) is 2.98. The molecule has 0 unspecified atom stereocenters. The number of nitrogens with zero attached hydrogens (tertiary/aromatic N) is 2. The lowest BCUT2D eigenvalue weighted by molar-refractivity contribution is 0.340. The van der Waals surface area contributed by atoms with E-state index in [0.29, 0.717) is 13.2 Å². The first kappa shape index (κ1) is 16.7. The molecule has 1 aliphatic rings. The van der Waals surface area contributed by atoms with Gasteiger partial charge in [0.05, 0.1) is 24.6 Å². The van der Waals surface area contributed by atoms with Crippen molar-refractivity contribution >= 4 is 0 Å². The molecule has 0 saturated heterocycles. The van der Waals surface area contributed by atoms with E-state index in [1.54, 1.807) is 0 Å². The SMILES string of the molecule is CCOc1ccc(-c2nc3n(c2-c2ccc(OCC)cc2)CCC3)cc1. The van der Waals surface area contributed by atoms with E-state index in [1.165, 1.54) is 17.1 Å². The molecule has 2 heterocycles. The standard InChI is InChI=1S/C22H24N2O2/c1-3-25-18-11-7-16(8-12-18)21-22(24-15-5-6-20(24)23-21)17-9-13-19(14-10-17)26-4-2/h7-14H,3-6,15H2,1-2H3. The lowest BCUT2D eigenvalue weighted by Gasteiger charge is -2.10. The van der Waals surface area contributed by atoms with Crippen molar-refractivity contribution in [3.63, 3.8) is 0 Å². The topological polar surface area (TPSA) is 36.3 Å². The molecule has 0 radical (unpaired) electrons. The molecule has 4 nitrogen and oxygen atoms in total. The zero-order chi connectivity index (χ0) is 17.9. The minimum atomic E-state index is 0.676. The normalized spacial score (nSPS) is 12.8. The van der Waals surface area contributed by atoms with Gasteiger partial charge in [0.1, 0.15) is 17.3 Å². The summed E-state index contributed by atoms with van der Waals surface area (Å²) in [4.78, 5) is 4.96. The van der Waals surface area contributed by atoms with Gasteiger partial charge in [-0.25, -0.2) is 4.98 Å². The molecule has 0 aliphatic carbocycles. The molecular formula is C22H24N2O2. The number of aryl methyl sites for hydroxylation is 1. The number of ether oxygens (including phenoxy) is 2. The van der Waals surface area contributed by atoms with Gasteiger partial charge in [0.15, 0.2) is 0 Å². The van der Waals surface area contributed by atoms with E-state index < -0.39 is 0 Å². The fraction of sp³-hybridized carbons (Fsp3) is 0.318. The van der Waals surface area contributed by atoms with Gasteiger partial charge in [-0.3, -0.25) is 0 Å². The Bertz CT molecular complexity index is 880. The highest BCUT2D eigenvalue weighted by molar-refractivity contribution is 5.79. The maximum atomic E-state index is 5.59. The lowest BCUT2D eigenvalue weighted by atomic mass is 10.0. The van der Waals surface area contributed by atoms with Crippen molar-refractivity contribution in [3.05, 3.63) is 54.4 Å². The molecule has 1 aromatic heterocycles. The molecule has 4 heteroatoms. The number of fused-ring (bicyclic) bond motifs is 1. The zero-order valence-corrected chi connectivity index (χ0v) is 15.4. The van der Waals surface area contributed by atoms with E-state index in [0.717, 1.165) is 42.1 Å². The molecule has 3 aromatic rings. The summed E-state index contributed by atoms with van der Waals surface area (Å²) in [7, 11) is 0. The maximum absolute atomic E-state index is 5.59. The fourth-order valence-corrected chi connectivity index (χ4v) is 3.57. The maximum Gasteiger partial charge on any atom is 0.119 e. The van der Waals surface area contributed by atoms with Crippen LogP contribution in [0.3, 0.4) is 0 Å². The monoisotopic (exact) mass is 348 g/mol. The third kappa shape index (κ3) is 3.07. The van der Waals surface area contributed by atoms with Gasteiger partial charge in [-0.1, -0.05) is 0 Å². The Morgan fingerprint density at radius 2 is 1.42 bits per heavy atom. The summed E-state index contributed by atoms with van der Waals surface area (Å²) in [6, 6.07) is 16.6. The van der Waals surface area contributed by atoms with Crippen LogP contribution in [0.5, 0.6) is 11.5 Å². The van der Waals surface area contributed by atoms with Gasteiger partial charge in [-0.15, -0.1) is 0 Å². The summed E-state index contributed by atoms with van der Waals surface area (Å²) < 4.78 is 13.5. The number of hydrogen-bond acceptors (Lipinski definition) is 3. The molecule has 134 valence electrons. The van der Waals surface area contributed by atoms with Crippen LogP contribution in [0.1, 0.15) is 26.1 Å². The molecule has 0 saturated carbocycles. The van der Waals surface area contributed by atoms with Gasteiger partial charge in [-0.2, -0.15) is 0 Å². The molecule has 2 aromatic carbocycles. The van der Waals surface area contributed by atoms with Crippen LogP contribution in [0.25, 0.3) is 22.5 Å². The van der Waals surface area contributed by atoms with Crippen molar-refractivity contribution in [2.75, 3.05) is 13.2 Å². The third-order valence-corrected chi connectivity index (χ3v) is 4.71. The summed E-state index contributed by atoms with van der Waals surface area (Å²) >= 11 is 0. The Balaban J connectivity index is 1.76. The molecule has 1 aliphatic heterocycles. The highest BCUT2D eigenvalue weighted by atomic mass is 16.5. The molecule has 0 spiro atoms. The van der Waals surface area contributed by atoms with Crippen LogP contribution in [0.15, 0.2) is 48.5 Å². The summed E-state index contributed by atoms with van der Waals surface area (Å²) in [5, 5.41) is 0. The van der Waals surface area contributed by atoms with E-state index in [2.05, 4.69) is 28.8 Å². The minimum absolute atomic E-state index is 0.676. The first-order chi connectivity index (χ1) is 12.8. The molecule has 0 bridgehead atoms. The summed E-state index contributed by atoms with van der Waals surface area (Å²) in [6.07, 6.45) is 2.21. The van der Waals surface area contributed by atoms with Crippen LogP contribution in [0.2, 0.25) is 0 Å². The number of benzene rings is 2. The molecular weight excluding hydrogens is 324 g/mol. The molecule has 0 fully saturated rings. The Morgan fingerprint density at radius 1 is 0.846 bits per heavy atom. The summed E-state index contributed by atoms with van der Waals surface area (Å²) in [5.41, 5.74) is 4.55. The molecule has 0 atom stereocenters. The van der Waals surface area contributed by atoms with Crippen molar-refractivity contribution in [1.82, 2.24) is 9.55 Å². The van der Waals surface area contributed by atoms with E-state index in [9.17, 15) is 0 Å². The Hall–Kier alpha value is -2.75. The smallest absolute Gasteiger partial charge is 0.119 e. The highest BCUT2D eigenvalue weighted by Gasteiger charge is 2.23. The minimum Gasteiger partial charge on any atom is -0.494 e. The Kier molecular flexibility index (Phi) is 4.65. The third-order valence-electron chi connectivity index (χ3n) is 4.71. The van der Waals surface area contributed by atoms with E-state index in [1.807, 2.05) is 38.1 Å². The first-order valence-corrected chi connectivity index (χ1v) is 9.36. The van der Waals surface area contributed by atoms with Crippen LogP contribution in [-0.4, -0.2) is 22.8 Å². The van der Waals surface area contributed by atoms with Crippen LogP contribution < -0.4 is 9.47 Å². The van der Waals surface area contributed by atoms with E-state index >= 15 is 0 Å². The van der Waals surface area contributed by atoms with E-state index in [-0.39, 0.29) is 0 Å². The Labute approximate surface area is 154 Å². The number of rotatable bonds is 6. The van der Waals surface area contributed by atoms with Crippen LogP contribution >= 0.6 is 0 Å². The van der Waals surface area contributed by atoms with Gasteiger partial charge in [0, 0.05) is 24.1 Å². The molecule has 4 rings (SSSR count). The van der Waals surface area contributed by atoms with Crippen LogP contribution in [0, 0.1) is 0 Å². The van der Waals surface area contributed by atoms with Gasteiger partial charge in [0.25, 0.3) is 0 Å². The molecule has 0 N–H and O–H groups in total. The van der Waals surface area contributed by atoms with E-state index in [4.69, 9.17) is 14.5 Å². The van der Waals surface area contributed by atoms with Crippen molar-refractivity contribution in [2.45, 2.75) is 33.2 Å². The van der Waals surface area contributed by atoms with Crippen molar-refractivity contribution in [3.8, 4) is 34.0 Å². The fourth-order valence-electron chi connectivity index (χ4n) is 3.57. The average Bonchev–Trinajstić information content (AvgIpc) is 3.25. The second-order valence-corrected chi connectivity index (χ2v) is 6.40. The second-order valence-electron chi connectivity index (χ2n) is 6.40. The number of imidazole rings is 1. The molecule has 0 amide bonds. The lowest BCUT2D eigenvalue weighted by Crippen LogP contribution is -1.97. The van der Waals surface area contributed by atoms with Gasteiger partial charge in [0.2, 0.25) is 0 Å². The van der Waals surface area contributed by atoms with Crippen LogP contribution in [0.4, 0.5) is 0 Å². The molecule has 26 heavy (non-hydrogen) atoms. The van der Waals surface area contributed by atoms with Gasteiger partial charge < -0.3 is 14.0 Å². The largest absolute Gasteiger partial charge is 0.494 e. The van der Waals surface area contributed by atoms with Gasteiger partial charge >= 0.3 is 0 Å². The predicted molar refractivity (Wildman–Crippen MR) is 104 cm³/mol. The van der Waals surface area contributed by atoms with Crippen molar-refractivity contribution < 1.29 is 9.47 Å².